The maximum absolute atomic E-state index is 12.5. The summed E-state index contributed by atoms with van der Waals surface area (Å²) in [5, 5.41) is 3.55. The van der Waals surface area contributed by atoms with Crippen LogP contribution in [0.4, 0.5) is 11.8 Å². The Morgan fingerprint density at radius 3 is 2.67 bits per heavy atom. The molecule has 2 unspecified atom stereocenters. The molecule has 3 aliphatic rings. The zero-order chi connectivity index (χ0) is 23.0. The summed E-state index contributed by atoms with van der Waals surface area (Å²) >= 11 is 0. The van der Waals surface area contributed by atoms with E-state index in [2.05, 4.69) is 20.1 Å². The molecule has 0 spiro atoms. The standard InChI is InChI=1S/C24H38N6O3/c1-2-33-23(32)16-22(31)30-14-7-8-20(18-30)29-15-10-19(17-29)26-24-25-11-9-21(27-24)28-12-5-3-4-6-13-28/h9,11,19-20H,2-8,10,12-18H2,1H3,(H,25,26,27). The molecular formula is C24H38N6O3. The molecule has 0 bridgehead atoms. The summed E-state index contributed by atoms with van der Waals surface area (Å²) in [7, 11) is 0. The van der Waals surface area contributed by atoms with Gasteiger partial charge in [0, 0.05) is 57.5 Å². The first-order valence-corrected chi connectivity index (χ1v) is 12.6. The number of hydrogen-bond donors (Lipinski definition) is 1. The molecule has 182 valence electrons. The maximum atomic E-state index is 12.5. The molecule has 1 N–H and O–H groups in total. The van der Waals surface area contributed by atoms with Gasteiger partial charge in [0.1, 0.15) is 12.2 Å². The van der Waals surface area contributed by atoms with Crippen molar-refractivity contribution in [1.82, 2.24) is 19.8 Å². The number of esters is 1. The van der Waals surface area contributed by atoms with Gasteiger partial charge in [-0.05, 0) is 45.1 Å². The number of anilines is 2. The van der Waals surface area contributed by atoms with Gasteiger partial charge in [-0.1, -0.05) is 12.8 Å². The fraction of sp³-hybridized carbons (Fsp3) is 0.750. The Morgan fingerprint density at radius 1 is 1.06 bits per heavy atom. The third-order valence-electron chi connectivity index (χ3n) is 6.99. The van der Waals surface area contributed by atoms with Crippen LogP contribution in [0.2, 0.25) is 0 Å². The number of rotatable bonds is 7. The van der Waals surface area contributed by atoms with Crippen molar-refractivity contribution in [3.05, 3.63) is 12.3 Å². The van der Waals surface area contributed by atoms with Gasteiger partial charge in [0.05, 0.1) is 6.61 Å². The molecule has 4 rings (SSSR count). The van der Waals surface area contributed by atoms with Crippen LogP contribution in [0.1, 0.15) is 58.3 Å². The molecule has 1 aromatic heterocycles. The van der Waals surface area contributed by atoms with Gasteiger partial charge in [-0.3, -0.25) is 14.5 Å². The zero-order valence-electron chi connectivity index (χ0n) is 19.9. The maximum Gasteiger partial charge on any atom is 0.315 e. The van der Waals surface area contributed by atoms with Gasteiger partial charge in [0.2, 0.25) is 11.9 Å². The minimum Gasteiger partial charge on any atom is -0.466 e. The third-order valence-corrected chi connectivity index (χ3v) is 6.99. The summed E-state index contributed by atoms with van der Waals surface area (Å²) in [6, 6.07) is 2.65. The molecule has 9 nitrogen and oxygen atoms in total. The molecule has 4 heterocycles. The van der Waals surface area contributed by atoms with Crippen molar-refractivity contribution in [3.8, 4) is 0 Å². The largest absolute Gasteiger partial charge is 0.466 e. The topological polar surface area (TPSA) is 90.9 Å². The molecule has 0 radical (unpaired) electrons. The van der Waals surface area contributed by atoms with Gasteiger partial charge in [0.25, 0.3) is 0 Å². The van der Waals surface area contributed by atoms with Crippen LogP contribution in [-0.4, -0.2) is 89.6 Å². The lowest BCUT2D eigenvalue weighted by Gasteiger charge is -2.37. The first kappa shape index (κ1) is 23.7. The quantitative estimate of drug-likeness (QED) is 0.492. The average Bonchev–Trinajstić information content (AvgIpc) is 3.11. The monoisotopic (exact) mass is 458 g/mol. The Kier molecular flexibility index (Phi) is 8.36. The van der Waals surface area contributed by atoms with Gasteiger partial charge in [-0.25, -0.2) is 4.98 Å². The second-order valence-electron chi connectivity index (χ2n) is 9.38. The molecule has 2 atom stereocenters. The predicted molar refractivity (Wildman–Crippen MR) is 127 cm³/mol. The van der Waals surface area contributed by atoms with Crippen molar-refractivity contribution in [2.75, 3.05) is 56.1 Å². The Bertz CT molecular complexity index is 798. The molecular weight excluding hydrogens is 420 g/mol. The second kappa shape index (κ2) is 11.6. The molecule has 9 heteroatoms. The van der Waals surface area contributed by atoms with E-state index in [1.165, 1.54) is 25.7 Å². The van der Waals surface area contributed by atoms with Crippen LogP contribution in [0.15, 0.2) is 12.3 Å². The van der Waals surface area contributed by atoms with E-state index in [1.54, 1.807) is 6.92 Å². The van der Waals surface area contributed by atoms with E-state index < -0.39 is 5.97 Å². The summed E-state index contributed by atoms with van der Waals surface area (Å²) in [6.07, 6.45) is 9.84. The number of nitrogens with zero attached hydrogens (tertiary/aromatic N) is 5. The van der Waals surface area contributed by atoms with Gasteiger partial charge >= 0.3 is 5.97 Å². The van der Waals surface area contributed by atoms with Gasteiger partial charge in [-0.2, -0.15) is 4.98 Å². The summed E-state index contributed by atoms with van der Waals surface area (Å²) in [4.78, 5) is 40.2. The zero-order valence-corrected chi connectivity index (χ0v) is 19.9. The SMILES string of the molecule is CCOC(=O)CC(=O)N1CCCC(N2CCC(Nc3nccc(N4CCCCCC4)n3)C2)C1. The molecule has 3 aliphatic heterocycles. The van der Waals surface area contributed by atoms with Crippen LogP contribution in [0, 0.1) is 0 Å². The van der Waals surface area contributed by atoms with Crippen molar-refractivity contribution in [2.24, 2.45) is 0 Å². The van der Waals surface area contributed by atoms with E-state index in [-0.39, 0.29) is 12.3 Å². The highest BCUT2D eigenvalue weighted by Crippen LogP contribution is 2.24. The highest BCUT2D eigenvalue weighted by atomic mass is 16.5. The number of piperidine rings is 1. The third kappa shape index (κ3) is 6.56. The highest BCUT2D eigenvalue weighted by molar-refractivity contribution is 5.94. The Balaban J connectivity index is 1.28. The summed E-state index contributed by atoms with van der Waals surface area (Å²) in [6.45, 7) is 7.53. The fourth-order valence-electron chi connectivity index (χ4n) is 5.24. The van der Waals surface area contributed by atoms with E-state index in [9.17, 15) is 9.59 Å². The van der Waals surface area contributed by atoms with Crippen LogP contribution in [0.3, 0.4) is 0 Å². The summed E-state index contributed by atoms with van der Waals surface area (Å²) in [5.74, 6) is 1.17. The van der Waals surface area contributed by atoms with E-state index in [4.69, 9.17) is 9.72 Å². The number of carbonyl (C=O) groups is 2. The molecule has 0 aliphatic carbocycles. The van der Waals surface area contributed by atoms with Crippen molar-refractivity contribution < 1.29 is 14.3 Å². The van der Waals surface area contributed by atoms with Crippen molar-refractivity contribution in [2.45, 2.75) is 70.4 Å². The molecule has 0 aromatic carbocycles. The van der Waals surface area contributed by atoms with Crippen molar-refractivity contribution in [3.63, 3.8) is 0 Å². The van der Waals surface area contributed by atoms with E-state index >= 15 is 0 Å². The molecule has 1 aromatic rings. The number of nitrogens with one attached hydrogen (secondary N) is 1. The average molecular weight is 459 g/mol. The predicted octanol–water partition coefficient (Wildman–Crippen LogP) is 2.29. The second-order valence-corrected chi connectivity index (χ2v) is 9.38. The van der Waals surface area contributed by atoms with Crippen LogP contribution < -0.4 is 10.2 Å². The summed E-state index contributed by atoms with van der Waals surface area (Å²) in [5.41, 5.74) is 0. The lowest BCUT2D eigenvalue weighted by atomic mass is 10.0. The molecule has 3 saturated heterocycles. The number of hydrogen-bond acceptors (Lipinski definition) is 8. The van der Waals surface area contributed by atoms with Gasteiger partial charge < -0.3 is 19.9 Å². The number of carbonyl (C=O) groups excluding carboxylic acids is 2. The Morgan fingerprint density at radius 2 is 1.88 bits per heavy atom. The van der Waals surface area contributed by atoms with Crippen LogP contribution >= 0.6 is 0 Å². The van der Waals surface area contributed by atoms with E-state index in [0.29, 0.717) is 31.2 Å². The highest BCUT2D eigenvalue weighted by Gasteiger charge is 2.33. The van der Waals surface area contributed by atoms with Gasteiger partial charge in [0.15, 0.2) is 0 Å². The summed E-state index contributed by atoms with van der Waals surface area (Å²) < 4.78 is 4.93. The Hall–Kier alpha value is -2.42. The van der Waals surface area contributed by atoms with E-state index in [1.807, 2.05) is 17.2 Å². The lowest BCUT2D eigenvalue weighted by Crippen LogP contribution is -2.49. The molecule has 3 fully saturated rings. The molecule has 0 saturated carbocycles. The first-order valence-electron chi connectivity index (χ1n) is 12.6. The number of likely N-dealkylation sites (tertiary alicyclic amines) is 2. The first-order chi connectivity index (χ1) is 16.1. The van der Waals surface area contributed by atoms with E-state index in [0.717, 1.165) is 57.8 Å². The smallest absolute Gasteiger partial charge is 0.315 e. The number of aromatic nitrogens is 2. The lowest BCUT2D eigenvalue weighted by molar-refractivity contribution is -0.149. The van der Waals surface area contributed by atoms with Gasteiger partial charge in [-0.15, -0.1) is 0 Å². The number of amides is 1. The minimum atomic E-state index is -0.433. The molecule has 33 heavy (non-hydrogen) atoms. The minimum absolute atomic E-state index is 0.120. The van der Waals surface area contributed by atoms with Crippen LogP contribution in [0.5, 0.6) is 0 Å². The van der Waals surface area contributed by atoms with Crippen molar-refractivity contribution in [1.29, 1.82) is 0 Å². The van der Waals surface area contributed by atoms with Crippen LogP contribution in [0.25, 0.3) is 0 Å². The van der Waals surface area contributed by atoms with Crippen molar-refractivity contribution >= 4 is 23.6 Å². The van der Waals surface area contributed by atoms with Crippen LogP contribution in [-0.2, 0) is 14.3 Å². The molecule has 1 amide bonds. The number of ether oxygens (including phenoxy) is 1. The Labute approximate surface area is 196 Å². The fourth-order valence-corrected chi connectivity index (χ4v) is 5.24. The normalized spacial score (nSPS) is 24.4.